The van der Waals surface area contributed by atoms with Crippen LogP contribution >= 0.6 is 11.3 Å². The maximum Gasteiger partial charge on any atom is 0.334 e. The van der Waals surface area contributed by atoms with E-state index in [1.807, 2.05) is 0 Å². The molecule has 0 aliphatic carbocycles. The summed E-state index contributed by atoms with van der Waals surface area (Å²) >= 11 is 1.25. The highest BCUT2D eigenvalue weighted by Crippen LogP contribution is 2.05. The van der Waals surface area contributed by atoms with E-state index in [4.69, 9.17) is 10.2 Å². The number of hydrogen-bond acceptors (Lipinski definition) is 6. The fourth-order valence-corrected chi connectivity index (χ4v) is 2.03. The summed E-state index contributed by atoms with van der Waals surface area (Å²) in [5, 5.41) is 21.3. The second kappa shape index (κ2) is 5.16. The number of nitrogens with zero attached hydrogens (tertiary/aromatic N) is 2. The average Bonchev–Trinajstić information content (AvgIpc) is 2.85. The predicted octanol–water partition coefficient (Wildman–Crippen LogP) is -1.07. The van der Waals surface area contributed by atoms with E-state index in [-0.39, 0.29) is 5.56 Å². The maximum absolute atomic E-state index is 11.9. The summed E-state index contributed by atoms with van der Waals surface area (Å²) in [5.41, 5.74) is -0.762. The molecule has 0 fully saturated rings. The topological polar surface area (TPSA) is 121 Å². The number of aliphatic hydroxyl groups is 1. The summed E-state index contributed by atoms with van der Waals surface area (Å²) in [4.78, 5) is 38.3. The molecule has 19 heavy (non-hydrogen) atoms. The number of fused-ring (bicyclic) bond motifs is 1. The average molecular weight is 283 g/mol. The van der Waals surface area contributed by atoms with Crippen molar-refractivity contribution in [2.45, 2.75) is 6.10 Å². The number of amides is 1. The first-order chi connectivity index (χ1) is 9.00. The standard InChI is InChI=1S/C10H9N3O5S/c14-6(9(17)18)4-11-7(15)5-3-12-10-13(8(5)16)1-2-19-10/h1-3,6,14H,4H2,(H,11,15)(H,17,18). The van der Waals surface area contributed by atoms with E-state index in [0.29, 0.717) is 4.96 Å². The van der Waals surface area contributed by atoms with Crippen molar-refractivity contribution in [2.75, 3.05) is 6.54 Å². The Kier molecular flexibility index (Phi) is 3.58. The molecule has 2 aromatic rings. The molecule has 0 saturated carbocycles. The molecule has 3 N–H and O–H groups in total. The maximum atomic E-state index is 11.9. The van der Waals surface area contributed by atoms with E-state index < -0.39 is 30.1 Å². The molecule has 9 heteroatoms. The molecule has 1 atom stereocenters. The van der Waals surface area contributed by atoms with Crippen molar-refractivity contribution < 1.29 is 19.8 Å². The lowest BCUT2D eigenvalue weighted by Gasteiger charge is -2.07. The predicted molar refractivity (Wildman–Crippen MR) is 65.3 cm³/mol. The van der Waals surface area contributed by atoms with Crippen molar-refractivity contribution in [3.8, 4) is 0 Å². The summed E-state index contributed by atoms with van der Waals surface area (Å²) in [6.07, 6.45) is 0.888. The van der Waals surface area contributed by atoms with Crippen molar-refractivity contribution in [2.24, 2.45) is 0 Å². The highest BCUT2D eigenvalue weighted by atomic mass is 32.1. The third kappa shape index (κ3) is 2.61. The van der Waals surface area contributed by atoms with Gasteiger partial charge in [0.25, 0.3) is 11.5 Å². The van der Waals surface area contributed by atoms with Gasteiger partial charge in [0.1, 0.15) is 5.56 Å². The van der Waals surface area contributed by atoms with Gasteiger partial charge in [0.2, 0.25) is 0 Å². The summed E-state index contributed by atoms with van der Waals surface area (Å²) in [5.74, 6) is -2.23. The number of aliphatic carboxylic acids is 1. The van der Waals surface area contributed by atoms with Crippen molar-refractivity contribution in [1.29, 1.82) is 0 Å². The Hall–Kier alpha value is -2.26. The Morgan fingerprint density at radius 1 is 1.53 bits per heavy atom. The number of carbonyl (C=O) groups excluding carboxylic acids is 1. The third-order valence-electron chi connectivity index (χ3n) is 2.33. The Labute approximate surface area is 110 Å². The van der Waals surface area contributed by atoms with Gasteiger partial charge >= 0.3 is 5.97 Å². The molecule has 2 heterocycles. The highest BCUT2D eigenvalue weighted by Gasteiger charge is 2.17. The van der Waals surface area contributed by atoms with E-state index in [1.165, 1.54) is 21.9 Å². The van der Waals surface area contributed by atoms with Crippen LogP contribution in [-0.2, 0) is 4.79 Å². The second-order valence-corrected chi connectivity index (χ2v) is 4.47. The summed E-state index contributed by atoms with van der Waals surface area (Å²) in [6.45, 7) is -0.486. The van der Waals surface area contributed by atoms with Gasteiger partial charge in [-0.05, 0) is 0 Å². The van der Waals surface area contributed by atoms with Crippen LogP contribution in [0.3, 0.4) is 0 Å². The van der Waals surface area contributed by atoms with Gasteiger partial charge in [0, 0.05) is 17.8 Å². The number of rotatable bonds is 4. The molecular formula is C10H9N3O5S. The lowest BCUT2D eigenvalue weighted by molar-refractivity contribution is -0.146. The van der Waals surface area contributed by atoms with Crippen LogP contribution in [0.1, 0.15) is 10.4 Å². The van der Waals surface area contributed by atoms with Crippen LogP contribution in [0, 0.1) is 0 Å². The number of aromatic nitrogens is 2. The van der Waals surface area contributed by atoms with E-state index in [0.717, 1.165) is 6.20 Å². The molecule has 0 bridgehead atoms. The lowest BCUT2D eigenvalue weighted by Crippen LogP contribution is -2.38. The first-order valence-electron chi connectivity index (χ1n) is 5.14. The lowest BCUT2D eigenvalue weighted by atomic mass is 10.3. The van der Waals surface area contributed by atoms with Crippen LogP contribution in [-0.4, -0.2) is 44.1 Å². The minimum atomic E-state index is -1.72. The Balaban J connectivity index is 2.20. The van der Waals surface area contributed by atoms with Gasteiger partial charge in [-0.3, -0.25) is 14.0 Å². The van der Waals surface area contributed by atoms with Crippen molar-refractivity contribution in [3.05, 3.63) is 33.7 Å². The summed E-state index contributed by atoms with van der Waals surface area (Å²) < 4.78 is 1.22. The molecule has 8 nitrogen and oxygen atoms in total. The van der Waals surface area contributed by atoms with Crippen LogP contribution in [0.15, 0.2) is 22.6 Å². The minimum Gasteiger partial charge on any atom is -0.479 e. The quantitative estimate of drug-likeness (QED) is 0.657. The van der Waals surface area contributed by atoms with Crippen molar-refractivity contribution >= 4 is 28.2 Å². The molecule has 0 spiro atoms. The summed E-state index contributed by atoms with van der Waals surface area (Å²) in [7, 11) is 0. The van der Waals surface area contributed by atoms with Gasteiger partial charge in [-0.2, -0.15) is 0 Å². The zero-order chi connectivity index (χ0) is 14.0. The highest BCUT2D eigenvalue weighted by molar-refractivity contribution is 7.15. The van der Waals surface area contributed by atoms with E-state index >= 15 is 0 Å². The minimum absolute atomic E-state index is 0.214. The van der Waals surface area contributed by atoms with Crippen molar-refractivity contribution in [1.82, 2.24) is 14.7 Å². The van der Waals surface area contributed by atoms with Gasteiger partial charge in [0.05, 0.1) is 6.54 Å². The molecule has 0 radical (unpaired) electrons. The SMILES string of the molecule is O=C(NCC(O)C(=O)O)c1cnc2sccn2c1=O. The Morgan fingerprint density at radius 2 is 2.26 bits per heavy atom. The van der Waals surface area contributed by atoms with Gasteiger partial charge in [-0.25, -0.2) is 9.78 Å². The molecular weight excluding hydrogens is 274 g/mol. The van der Waals surface area contributed by atoms with E-state index in [9.17, 15) is 14.4 Å². The van der Waals surface area contributed by atoms with Gasteiger partial charge in [0.15, 0.2) is 11.1 Å². The number of carboxylic acid groups (broad SMARTS) is 1. The number of hydrogen-bond donors (Lipinski definition) is 3. The van der Waals surface area contributed by atoms with Crippen LogP contribution in [0.4, 0.5) is 0 Å². The second-order valence-electron chi connectivity index (χ2n) is 3.60. The molecule has 0 saturated heterocycles. The molecule has 100 valence electrons. The summed E-state index contributed by atoms with van der Waals surface area (Å²) in [6, 6.07) is 0. The van der Waals surface area contributed by atoms with Crippen LogP contribution < -0.4 is 10.9 Å². The molecule has 0 aliphatic rings. The smallest absolute Gasteiger partial charge is 0.334 e. The normalized spacial score (nSPS) is 12.3. The molecule has 2 rings (SSSR count). The van der Waals surface area contributed by atoms with Gasteiger partial charge in [-0.1, -0.05) is 0 Å². The monoisotopic (exact) mass is 283 g/mol. The van der Waals surface area contributed by atoms with Gasteiger partial charge < -0.3 is 15.5 Å². The van der Waals surface area contributed by atoms with Gasteiger partial charge in [-0.15, -0.1) is 11.3 Å². The number of carboxylic acids is 1. The molecule has 1 amide bonds. The van der Waals surface area contributed by atoms with E-state index in [2.05, 4.69) is 10.3 Å². The first-order valence-corrected chi connectivity index (χ1v) is 6.02. The number of carbonyl (C=O) groups is 2. The number of thiazole rings is 1. The molecule has 1 unspecified atom stereocenters. The third-order valence-corrected chi connectivity index (χ3v) is 3.10. The van der Waals surface area contributed by atoms with Crippen LogP contribution in [0.2, 0.25) is 0 Å². The molecule has 0 aliphatic heterocycles. The Bertz CT molecular complexity index is 692. The fraction of sp³-hybridized carbons (Fsp3) is 0.200. The fourth-order valence-electron chi connectivity index (χ4n) is 1.35. The van der Waals surface area contributed by atoms with Crippen LogP contribution in [0.25, 0.3) is 4.96 Å². The zero-order valence-corrected chi connectivity index (χ0v) is 10.3. The zero-order valence-electron chi connectivity index (χ0n) is 9.44. The first kappa shape index (κ1) is 13.2. The van der Waals surface area contributed by atoms with Crippen LogP contribution in [0.5, 0.6) is 0 Å². The van der Waals surface area contributed by atoms with E-state index in [1.54, 1.807) is 5.38 Å². The Morgan fingerprint density at radius 3 is 2.95 bits per heavy atom. The largest absolute Gasteiger partial charge is 0.479 e. The number of aliphatic hydroxyl groups excluding tert-OH is 1. The molecule has 2 aromatic heterocycles. The molecule has 0 aromatic carbocycles. The number of nitrogens with one attached hydrogen (secondary N) is 1. The van der Waals surface area contributed by atoms with Crippen molar-refractivity contribution in [3.63, 3.8) is 0 Å².